The molecule has 92 valence electrons. The van der Waals surface area contributed by atoms with E-state index in [0.29, 0.717) is 12.1 Å². The number of carbonyl (C=O) groups is 1. The number of aromatic nitrogens is 1. The summed E-state index contributed by atoms with van der Waals surface area (Å²) in [6.45, 7) is 3.26. The summed E-state index contributed by atoms with van der Waals surface area (Å²) in [4.78, 5) is 17.3. The minimum atomic E-state index is -0.278. The fourth-order valence-corrected chi connectivity index (χ4v) is 1.40. The summed E-state index contributed by atoms with van der Waals surface area (Å²) in [5.74, 6) is -0.278. The Labute approximate surface area is 102 Å². The first-order valence-electron chi connectivity index (χ1n) is 5.46. The Morgan fingerprint density at radius 1 is 1.59 bits per heavy atom. The number of hydrogen-bond acceptors (Lipinski definition) is 4. The molecule has 0 radical (unpaired) electrons. The van der Waals surface area contributed by atoms with Crippen molar-refractivity contribution in [3.63, 3.8) is 0 Å². The molecule has 0 aliphatic carbocycles. The van der Waals surface area contributed by atoms with Gasteiger partial charge in [-0.1, -0.05) is 12.1 Å². The number of hydrogen-bond donors (Lipinski definition) is 0. The fraction of sp³-hybridized carbons (Fsp3) is 0.385. The van der Waals surface area contributed by atoms with Crippen LogP contribution in [0.1, 0.15) is 12.5 Å². The summed E-state index contributed by atoms with van der Waals surface area (Å²) in [6.07, 6.45) is 5.46. The van der Waals surface area contributed by atoms with Gasteiger partial charge in [0.2, 0.25) is 0 Å². The minimum Gasteiger partial charge on any atom is -0.466 e. The molecule has 0 unspecified atom stereocenters. The normalized spacial score (nSPS) is 11.6. The van der Waals surface area contributed by atoms with Crippen LogP contribution in [-0.2, 0) is 16.1 Å². The number of rotatable bonds is 5. The van der Waals surface area contributed by atoms with Crippen molar-refractivity contribution in [1.29, 1.82) is 0 Å². The SMILES string of the molecule is COC(=O)C(C)=CCN(C)Cc1cccnc1. The van der Waals surface area contributed by atoms with Gasteiger partial charge in [-0.25, -0.2) is 4.79 Å². The first-order chi connectivity index (χ1) is 8.13. The van der Waals surface area contributed by atoms with Crippen molar-refractivity contribution < 1.29 is 9.53 Å². The molecule has 4 heteroatoms. The topological polar surface area (TPSA) is 42.4 Å². The van der Waals surface area contributed by atoms with Gasteiger partial charge in [-0.15, -0.1) is 0 Å². The standard InChI is InChI=1S/C13H18N2O2/c1-11(13(16)17-3)6-8-15(2)10-12-5-4-7-14-9-12/h4-7,9H,8,10H2,1-3H3. The molecule has 0 aliphatic rings. The predicted octanol–water partition coefficient (Wildman–Crippen LogP) is 1.63. The lowest BCUT2D eigenvalue weighted by Gasteiger charge is -2.14. The van der Waals surface area contributed by atoms with Gasteiger partial charge in [0, 0.05) is 31.1 Å². The highest BCUT2D eigenvalue weighted by atomic mass is 16.5. The van der Waals surface area contributed by atoms with Gasteiger partial charge in [0.05, 0.1) is 7.11 Å². The molecule has 0 bridgehead atoms. The average Bonchev–Trinajstić information content (AvgIpc) is 2.36. The molecular formula is C13H18N2O2. The van der Waals surface area contributed by atoms with E-state index in [-0.39, 0.29) is 5.97 Å². The van der Waals surface area contributed by atoms with Crippen LogP contribution in [0.15, 0.2) is 36.2 Å². The second kappa shape index (κ2) is 6.81. The fourth-order valence-electron chi connectivity index (χ4n) is 1.40. The van der Waals surface area contributed by atoms with Crippen LogP contribution in [-0.4, -0.2) is 36.6 Å². The van der Waals surface area contributed by atoms with E-state index >= 15 is 0 Å². The molecule has 0 aliphatic heterocycles. The van der Waals surface area contributed by atoms with E-state index in [1.807, 2.05) is 31.5 Å². The maximum absolute atomic E-state index is 11.2. The van der Waals surface area contributed by atoms with Gasteiger partial charge in [0.1, 0.15) is 0 Å². The van der Waals surface area contributed by atoms with Crippen LogP contribution in [0, 0.1) is 0 Å². The molecule has 0 atom stereocenters. The lowest BCUT2D eigenvalue weighted by Crippen LogP contribution is -2.18. The quantitative estimate of drug-likeness (QED) is 0.573. The molecule has 1 heterocycles. The van der Waals surface area contributed by atoms with E-state index in [9.17, 15) is 4.79 Å². The summed E-state index contributed by atoms with van der Waals surface area (Å²) in [5.41, 5.74) is 1.78. The molecule has 0 saturated carbocycles. The Morgan fingerprint density at radius 3 is 2.94 bits per heavy atom. The third kappa shape index (κ3) is 4.78. The van der Waals surface area contributed by atoms with Crippen molar-refractivity contribution in [3.05, 3.63) is 41.7 Å². The van der Waals surface area contributed by atoms with Crippen LogP contribution in [0.25, 0.3) is 0 Å². The van der Waals surface area contributed by atoms with Gasteiger partial charge >= 0.3 is 5.97 Å². The molecule has 0 amide bonds. The Hall–Kier alpha value is -1.68. The molecular weight excluding hydrogens is 216 g/mol. The Bertz CT molecular complexity index is 388. The summed E-state index contributed by atoms with van der Waals surface area (Å²) in [7, 11) is 3.38. The largest absolute Gasteiger partial charge is 0.466 e. The third-order valence-electron chi connectivity index (χ3n) is 2.39. The lowest BCUT2D eigenvalue weighted by atomic mass is 10.2. The summed E-state index contributed by atoms with van der Waals surface area (Å²) >= 11 is 0. The molecule has 0 fully saturated rings. The lowest BCUT2D eigenvalue weighted by molar-refractivity contribution is -0.136. The van der Waals surface area contributed by atoms with Crippen molar-refractivity contribution in [1.82, 2.24) is 9.88 Å². The van der Waals surface area contributed by atoms with Gasteiger partial charge in [-0.3, -0.25) is 9.88 Å². The average molecular weight is 234 g/mol. The van der Waals surface area contributed by atoms with Gasteiger partial charge < -0.3 is 4.74 Å². The number of likely N-dealkylation sites (N-methyl/N-ethyl adjacent to an activating group) is 1. The molecule has 0 aromatic carbocycles. The first-order valence-corrected chi connectivity index (χ1v) is 5.46. The van der Waals surface area contributed by atoms with Crippen molar-refractivity contribution >= 4 is 5.97 Å². The Balaban J connectivity index is 2.45. The second-order valence-electron chi connectivity index (χ2n) is 3.94. The van der Waals surface area contributed by atoms with Crippen molar-refractivity contribution in [2.75, 3.05) is 20.7 Å². The molecule has 0 N–H and O–H groups in total. The number of carbonyl (C=O) groups excluding carboxylic acids is 1. The maximum atomic E-state index is 11.2. The van der Waals surface area contributed by atoms with Crippen LogP contribution < -0.4 is 0 Å². The molecule has 1 aromatic rings. The summed E-state index contributed by atoms with van der Waals surface area (Å²) in [6, 6.07) is 3.94. The van der Waals surface area contributed by atoms with Crippen molar-refractivity contribution in [3.8, 4) is 0 Å². The monoisotopic (exact) mass is 234 g/mol. The van der Waals surface area contributed by atoms with Gasteiger partial charge in [-0.2, -0.15) is 0 Å². The molecule has 1 rings (SSSR count). The maximum Gasteiger partial charge on any atom is 0.333 e. The van der Waals surface area contributed by atoms with Crippen LogP contribution in [0.5, 0.6) is 0 Å². The summed E-state index contributed by atoms with van der Waals surface area (Å²) in [5, 5.41) is 0. The van der Waals surface area contributed by atoms with E-state index in [1.165, 1.54) is 7.11 Å². The van der Waals surface area contributed by atoms with Gasteiger partial charge in [0.15, 0.2) is 0 Å². The van der Waals surface area contributed by atoms with E-state index in [4.69, 9.17) is 0 Å². The number of pyridine rings is 1. The van der Waals surface area contributed by atoms with Crippen LogP contribution >= 0.6 is 0 Å². The van der Waals surface area contributed by atoms with Crippen molar-refractivity contribution in [2.45, 2.75) is 13.5 Å². The number of nitrogens with zero attached hydrogens (tertiary/aromatic N) is 2. The van der Waals surface area contributed by atoms with Crippen LogP contribution in [0.2, 0.25) is 0 Å². The zero-order valence-corrected chi connectivity index (χ0v) is 10.5. The third-order valence-corrected chi connectivity index (χ3v) is 2.39. The van der Waals surface area contributed by atoms with Crippen LogP contribution in [0.4, 0.5) is 0 Å². The van der Waals surface area contributed by atoms with E-state index in [1.54, 1.807) is 13.1 Å². The highest BCUT2D eigenvalue weighted by Gasteiger charge is 2.03. The first kappa shape index (κ1) is 13.4. The Kier molecular flexibility index (Phi) is 5.36. The zero-order valence-electron chi connectivity index (χ0n) is 10.5. The van der Waals surface area contributed by atoms with Crippen molar-refractivity contribution in [2.24, 2.45) is 0 Å². The van der Waals surface area contributed by atoms with E-state index < -0.39 is 0 Å². The highest BCUT2D eigenvalue weighted by molar-refractivity contribution is 5.87. The van der Waals surface area contributed by atoms with Gasteiger partial charge in [-0.05, 0) is 25.6 Å². The predicted molar refractivity (Wildman–Crippen MR) is 66.3 cm³/mol. The van der Waals surface area contributed by atoms with E-state index in [0.717, 1.165) is 12.1 Å². The number of ether oxygens (including phenoxy) is 1. The highest BCUT2D eigenvalue weighted by Crippen LogP contribution is 2.02. The minimum absolute atomic E-state index is 0.278. The van der Waals surface area contributed by atoms with E-state index in [2.05, 4.69) is 14.6 Å². The Morgan fingerprint density at radius 2 is 2.35 bits per heavy atom. The molecule has 0 saturated heterocycles. The molecule has 1 aromatic heterocycles. The second-order valence-corrected chi connectivity index (χ2v) is 3.94. The van der Waals surface area contributed by atoms with Gasteiger partial charge in [0.25, 0.3) is 0 Å². The molecule has 0 spiro atoms. The smallest absolute Gasteiger partial charge is 0.333 e. The number of methoxy groups -OCH3 is 1. The van der Waals surface area contributed by atoms with Crippen LogP contribution in [0.3, 0.4) is 0 Å². The molecule has 17 heavy (non-hydrogen) atoms. The zero-order chi connectivity index (χ0) is 12.7. The summed E-state index contributed by atoms with van der Waals surface area (Å²) < 4.78 is 4.63. The molecule has 4 nitrogen and oxygen atoms in total. The number of esters is 1.